The lowest BCUT2D eigenvalue weighted by atomic mass is 10.2. The van der Waals surface area contributed by atoms with Crippen molar-refractivity contribution >= 4 is 23.3 Å². The number of anilines is 1. The molecule has 0 unspecified atom stereocenters. The fourth-order valence-corrected chi connectivity index (χ4v) is 1.97. The van der Waals surface area contributed by atoms with E-state index < -0.39 is 5.91 Å². The van der Waals surface area contributed by atoms with E-state index in [0.717, 1.165) is 18.7 Å². The Morgan fingerprint density at radius 2 is 2.32 bits per heavy atom. The standard InChI is InChI=1S/C12H14ClN5O/c1-18(3-2-9-6-15-7-17-9)12-10(13)4-8(5-16-12)11(14)19/h4-7H,2-3H2,1H3,(H2,14,19)(H,15,17). The Kier molecular flexibility index (Phi) is 4.01. The van der Waals surface area contributed by atoms with Crippen molar-refractivity contribution in [2.24, 2.45) is 5.73 Å². The predicted octanol–water partition coefficient (Wildman–Crippen LogP) is 1.24. The summed E-state index contributed by atoms with van der Waals surface area (Å²) in [7, 11) is 1.88. The number of pyridine rings is 1. The lowest BCUT2D eigenvalue weighted by Gasteiger charge is -2.19. The summed E-state index contributed by atoms with van der Waals surface area (Å²) in [6.45, 7) is 0.727. The second-order valence-electron chi connectivity index (χ2n) is 4.14. The predicted molar refractivity (Wildman–Crippen MR) is 73.3 cm³/mol. The molecule has 0 aliphatic heterocycles. The highest BCUT2D eigenvalue weighted by atomic mass is 35.5. The Balaban J connectivity index is 2.06. The smallest absolute Gasteiger partial charge is 0.250 e. The van der Waals surface area contributed by atoms with Crippen LogP contribution in [-0.2, 0) is 6.42 Å². The van der Waals surface area contributed by atoms with Crippen molar-refractivity contribution < 1.29 is 4.79 Å². The van der Waals surface area contributed by atoms with Crippen molar-refractivity contribution in [2.45, 2.75) is 6.42 Å². The number of hydrogen-bond acceptors (Lipinski definition) is 4. The van der Waals surface area contributed by atoms with E-state index in [4.69, 9.17) is 17.3 Å². The van der Waals surface area contributed by atoms with Gasteiger partial charge < -0.3 is 15.6 Å². The van der Waals surface area contributed by atoms with Gasteiger partial charge in [-0.2, -0.15) is 0 Å². The molecule has 2 rings (SSSR count). The fourth-order valence-electron chi connectivity index (χ4n) is 1.66. The van der Waals surface area contributed by atoms with Crippen molar-refractivity contribution in [1.82, 2.24) is 15.0 Å². The average Bonchev–Trinajstić information content (AvgIpc) is 2.88. The van der Waals surface area contributed by atoms with Crippen LogP contribution in [0.2, 0.25) is 5.02 Å². The van der Waals surface area contributed by atoms with Crippen LogP contribution in [0, 0.1) is 0 Å². The molecule has 0 saturated heterocycles. The van der Waals surface area contributed by atoms with Crippen LogP contribution in [0.3, 0.4) is 0 Å². The Morgan fingerprint density at radius 3 is 2.89 bits per heavy atom. The van der Waals surface area contributed by atoms with Gasteiger partial charge in [0, 0.05) is 38.1 Å². The van der Waals surface area contributed by atoms with E-state index in [2.05, 4.69) is 15.0 Å². The molecule has 0 saturated carbocycles. The summed E-state index contributed by atoms with van der Waals surface area (Å²) < 4.78 is 0. The zero-order valence-corrected chi connectivity index (χ0v) is 11.2. The highest BCUT2D eigenvalue weighted by Crippen LogP contribution is 2.23. The van der Waals surface area contributed by atoms with Gasteiger partial charge in [-0.3, -0.25) is 4.79 Å². The van der Waals surface area contributed by atoms with Crippen molar-refractivity contribution in [3.05, 3.63) is 41.1 Å². The number of nitrogens with zero attached hydrogens (tertiary/aromatic N) is 3. The van der Waals surface area contributed by atoms with Gasteiger partial charge in [0.15, 0.2) is 0 Å². The van der Waals surface area contributed by atoms with Crippen LogP contribution in [-0.4, -0.2) is 34.5 Å². The zero-order chi connectivity index (χ0) is 13.8. The first-order valence-corrected chi connectivity index (χ1v) is 6.09. The van der Waals surface area contributed by atoms with Gasteiger partial charge in [0.1, 0.15) is 5.82 Å². The van der Waals surface area contributed by atoms with E-state index in [1.807, 2.05) is 11.9 Å². The number of aromatic amines is 1. The van der Waals surface area contributed by atoms with Gasteiger partial charge in [-0.05, 0) is 6.07 Å². The molecular formula is C12H14ClN5O. The van der Waals surface area contributed by atoms with Crippen LogP contribution >= 0.6 is 11.6 Å². The van der Waals surface area contributed by atoms with Crippen LogP contribution in [0.5, 0.6) is 0 Å². The van der Waals surface area contributed by atoms with Crippen molar-refractivity contribution in [3.63, 3.8) is 0 Å². The maximum absolute atomic E-state index is 11.0. The third-order valence-electron chi connectivity index (χ3n) is 2.74. The lowest BCUT2D eigenvalue weighted by molar-refractivity contribution is 0.1000. The molecular weight excluding hydrogens is 266 g/mol. The molecule has 0 aromatic carbocycles. The van der Waals surface area contributed by atoms with Gasteiger partial charge >= 0.3 is 0 Å². The number of primary amides is 1. The first-order chi connectivity index (χ1) is 9.08. The third-order valence-corrected chi connectivity index (χ3v) is 3.02. The SMILES string of the molecule is CN(CCc1cnc[nH]1)c1ncc(C(N)=O)cc1Cl. The van der Waals surface area contributed by atoms with Crippen LogP contribution in [0.1, 0.15) is 16.1 Å². The Morgan fingerprint density at radius 1 is 1.53 bits per heavy atom. The highest BCUT2D eigenvalue weighted by Gasteiger charge is 2.11. The zero-order valence-electron chi connectivity index (χ0n) is 10.4. The monoisotopic (exact) mass is 279 g/mol. The molecule has 0 spiro atoms. The van der Waals surface area contributed by atoms with Crippen molar-refractivity contribution in [2.75, 3.05) is 18.5 Å². The summed E-state index contributed by atoms with van der Waals surface area (Å²) in [6.07, 6.45) is 5.64. The Labute approximate surface area is 115 Å². The van der Waals surface area contributed by atoms with Gasteiger partial charge in [0.05, 0.1) is 16.9 Å². The fraction of sp³-hybridized carbons (Fsp3) is 0.250. The van der Waals surface area contributed by atoms with Crippen LogP contribution < -0.4 is 10.6 Å². The van der Waals surface area contributed by atoms with Crippen LogP contribution in [0.25, 0.3) is 0 Å². The molecule has 0 fully saturated rings. The summed E-state index contributed by atoms with van der Waals surface area (Å²) in [6, 6.07) is 1.53. The topological polar surface area (TPSA) is 87.9 Å². The number of halogens is 1. The second kappa shape index (κ2) is 5.71. The Hall–Kier alpha value is -2.08. The molecule has 2 heterocycles. The number of aromatic nitrogens is 3. The number of hydrogen-bond donors (Lipinski definition) is 2. The molecule has 0 radical (unpaired) electrons. The first-order valence-electron chi connectivity index (χ1n) is 5.71. The quantitative estimate of drug-likeness (QED) is 0.862. The van der Waals surface area contributed by atoms with E-state index in [1.165, 1.54) is 12.3 Å². The highest BCUT2D eigenvalue weighted by molar-refractivity contribution is 6.33. The summed E-state index contributed by atoms with van der Waals surface area (Å²) in [5, 5.41) is 0.406. The maximum Gasteiger partial charge on any atom is 0.250 e. The van der Waals surface area contributed by atoms with Crippen LogP contribution in [0.4, 0.5) is 5.82 Å². The first kappa shape index (κ1) is 13.4. The van der Waals surface area contributed by atoms with Gasteiger partial charge in [-0.25, -0.2) is 9.97 Å². The number of likely N-dealkylation sites (N-methyl/N-ethyl adjacent to an activating group) is 1. The number of nitrogens with one attached hydrogen (secondary N) is 1. The average molecular weight is 280 g/mol. The molecule has 2 aromatic heterocycles. The lowest BCUT2D eigenvalue weighted by Crippen LogP contribution is -2.22. The molecule has 7 heteroatoms. The van der Waals surface area contributed by atoms with E-state index in [1.54, 1.807) is 12.5 Å². The van der Waals surface area contributed by atoms with E-state index in [-0.39, 0.29) is 0 Å². The van der Waals surface area contributed by atoms with Crippen molar-refractivity contribution in [3.8, 4) is 0 Å². The minimum absolute atomic E-state index is 0.302. The molecule has 0 aliphatic rings. The number of nitrogens with two attached hydrogens (primary N) is 1. The maximum atomic E-state index is 11.0. The van der Waals surface area contributed by atoms with E-state index in [0.29, 0.717) is 16.4 Å². The number of carbonyl (C=O) groups excluding carboxylic acids is 1. The molecule has 0 bridgehead atoms. The number of carbonyl (C=O) groups is 1. The minimum atomic E-state index is -0.541. The van der Waals surface area contributed by atoms with E-state index in [9.17, 15) is 4.79 Å². The van der Waals surface area contributed by atoms with E-state index >= 15 is 0 Å². The molecule has 0 aliphatic carbocycles. The van der Waals surface area contributed by atoms with Crippen LogP contribution in [0.15, 0.2) is 24.8 Å². The minimum Gasteiger partial charge on any atom is -0.366 e. The van der Waals surface area contributed by atoms with Gasteiger partial charge in [-0.1, -0.05) is 11.6 Å². The van der Waals surface area contributed by atoms with Gasteiger partial charge in [0.2, 0.25) is 5.91 Å². The summed E-state index contributed by atoms with van der Waals surface area (Å²) in [4.78, 5) is 24.1. The molecule has 2 aromatic rings. The second-order valence-corrected chi connectivity index (χ2v) is 4.55. The molecule has 6 nitrogen and oxygen atoms in total. The number of H-pyrrole nitrogens is 1. The largest absolute Gasteiger partial charge is 0.366 e. The number of rotatable bonds is 5. The summed E-state index contributed by atoms with van der Waals surface area (Å²) in [5.74, 6) is 0.0762. The van der Waals surface area contributed by atoms with Gasteiger partial charge in [0.25, 0.3) is 0 Å². The molecule has 19 heavy (non-hydrogen) atoms. The third kappa shape index (κ3) is 3.23. The normalized spacial score (nSPS) is 10.4. The molecule has 1 amide bonds. The number of amides is 1. The van der Waals surface area contributed by atoms with Gasteiger partial charge in [-0.15, -0.1) is 0 Å². The Bertz CT molecular complexity index is 570. The number of imidazole rings is 1. The molecule has 3 N–H and O–H groups in total. The molecule has 100 valence electrons. The molecule has 0 atom stereocenters. The summed E-state index contributed by atoms with van der Waals surface area (Å²) >= 11 is 6.10. The van der Waals surface area contributed by atoms with Crippen molar-refractivity contribution in [1.29, 1.82) is 0 Å². The summed E-state index contributed by atoms with van der Waals surface area (Å²) in [5.41, 5.74) is 6.51.